The van der Waals surface area contributed by atoms with Crippen molar-refractivity contribution in [2.75, 3.05) is 6.61 Å². The van der Waals surface area contributed by atoms with Gasteiger partial charge in [-0.15, -0.1) is 0 Å². The van der Waals surface area contributed by atoms with Crippen molar-refractivity contribution in [3.8, 4) is 16.9 Å². The van der Waals surface area contributed by atoms with Crippen molar-refractivity contribution >= 4 is 0 Å². The molecule has 0 spiro atoms. The number of ether oxygens (including phenoxy) is 1. The molecule has 1 fully saturated rings. The monoisotopic (exact) mass is 279 g/mol. The summed E-state index contributed by atoms with van der Waals surface area (Å²) in [6, 6.07) is 17.5. The molecule has 1 heteroatoms. The van der Waals surface area contributed by atoms with Crippen LogP contribution in [0.5, 0.6) is 5.75 Å². The van der Waals surface area contributed by atoms with E-state index in [1.54, 1.807) is 0 Å². The first-order valence-electron chi connectivity index (χ1n) is 8.01. The minimum absolute atomic E-state index is 0.715. The van der Waals surface area contributed by atoms with Gasteiger partial charge in [0, 0.05) is 0 Å². The van der Waals surface area contributed by atoms with Gasteiger partial charge >= 0.3 is 0 Å². The van der Waals surface area contributed by atoms with Crippen molar-refractivity contribution in [1.29, 1.82) is 0 Å². The van der Waals surface area contributed by atoms with Crippen LogP contribution in [0.3, 0.4) is 0 Å². The second kappa shape index (κ2) is 6.80. The average molecular weight is 279 g/mol. The van der Waals surface area contributed by atoms with Gasteiger partial charge in [0.2, 0.25) is 0 Å². The summed E-state index contributed by atoms with van der Waals surface area (Å²) in [7, 11) is 0. The molecular weight excluding hydrogens is 256 g/mol. The quantitative estimate of drug-likeness (QED) is 0.706. The van der Waals surface area contributed by atoms with Gasteiger partial charge in [-0.25, -0.2) is 0 Å². The van der Waals surface area contributed by atoms with Crippen LogP contribution < -0.4 is 4.74 Å². The Balaban J connectivity index is 1.73. The lowest BCUT2D eigenvalue weighted by molar-refractivity contribution is 0.340. The minimum atomic E-state index is 0.715. The van der Waals surface area contributed by atoms with Gasteiger partial charge in [0.1, 0.15) is 5.75 Å². The third-order valence-electron chi connectivity index (χ3n) is 4.32. The molecule has 1 radical (unpaired) electrons. The normalized spacial score (nSPS) is 15.9. The van der Waals surface area contributed by atoms with Crippen molar-refractivity contribution in [2.45, 2.75) is 38.5 Å². The van der Waals surface area contributed by atoms with Crippen molar-refractivity contribution in [3.05, 3.63) is 60.5 Å². The molecule has 109 valence electrons. The molecule has 0 atom stereocenters. The van der Waals surface area contributed by atoms with Crippen molar-refractivity contribution in [2.24, 2.45) is 0 Å². The summed E-state index contributed by atoms with van der Waals surface area (Å²) in [4.78, 5) is 0. The van der Waals surface area contributed by atoms with Crippen LogP contribution in [0.15, 0.2) is 48.5 Å². The molecule has 2 aromatic rings. The van der Waals surface area contributed by atoms with Gasteiger partial charge in [0.25, 0.3) is 0 Å². The van der Waals surface area contributed by atoms with E-state index in [1.165, 1.54) is 42.4 Å². The Kier molecular flexibility index (Phi) is 4.59. The van der Waals surface area contributed by atoms with E-state index < -0.39 is 0 Å². The molecule has 0 bridgehead atoms. The zero-order chi connectivity index (χ0) is 14.5. The Morgan fingerprint density at radius 2 is 1.43 bits per heavy atom. The van der Waals surface area contributed by atoms with E-state index in [0.717, 1.165) is 11.7 Å². The first kappa shape index (κ1) is 14.2. The van der Waals surface area contributed by atoms with Crippen LogP contribution in [-0.2, 0) is 0 Å². The Morgan fingerprint density at radius 1 is 0.857 bits per heavy atom. The largest absolute Gasteiger partial charge is 0.494 e. The molecule has 0 unspecified atom stereocenters. The number of benzene rings is 2. The first-order valence-corrected chi connectivity index (χ1v) is 8.01. The molecule has 21 heavy (non-hydrogen) atoms. The van der Waals surface area contributed by atoms with Crippen molar-refractivity contribution < 1.29 is 4.74 Å². The van der Waals surface area contributed by atoms with E-state index in [2.05, 4.69) is 42.8 Å². The second-order valence-electron chi connectivity index (χ2n) is 5.72. The third-order valence-corrected chi connectivity index (χ3v) is 4.32. The van der Waals surface area contributed by atoms with Crippen LogP contribution >= 0.6 is 0 Å². The molecule has 0 aliphatic heterocycles. The van der Waals surface area contributed by atoms with Gasteiger partial charge < -0.3 is 4.74 Å². The highest BCUT2D eigenvalue weighted by molar-refractivity contribution is 5.64. The summed E-state index contributed by atoms with van der Waals surface area (Å²) >= 11 is 0. The highest BCUT2D eigenvalue weighted by Crippen LogP contribution is 2.33. The Morgan fingerprint density at radius 3 is 2.00 bits per heavy atom. The SMILES string of the molecule is CCOc1ccc(-c2ccc(C3CC[CH]CC3)cc2)cc1. The second-order valence-corrected chi connectivity index (χ2v) is 5.72. The summed E-state index contributed by atoms with van der Waals surface area (Å²) < 4.78 is 5.49. The van der Waals surface area contributed by atoms with E-state index in [4.69, 9.17) is 4.74 Å². The summed E-state index contributed by atoms with van der Waals surface area (Å²) in [5, 5.41) is 0. The first-order chi connectivity index (χ1) is 10.4. The number of rotatable bonds is 4. The van der Waals surface area contributed by atoms with Crippen LogP contribution in [0, 0.1) is 6.42 Å². The minimum Gasteiger partial charge on any atom is -0.494 e. The summed E-state index contributed by atoms with van der Waals surface area (Å²) in [6.45, 7) is 2.72. The lowest BCUT2D eigenvalue weighted by atomic mass is 9.84. The molecule has 1 saturated carbocycles. The Bertz CT molecular complexity index is 547. The molecule has 1 nitrogen and oxygen atoms in total. The summed E-state index contributed by atoms with van der Waals surface area (Å²) in [5.41, 5.74) is 4.03. The lowest BCUT2D eigenvalue weighted by Gasteiger charge is -2.21. The van der Waals surface area contributed by atoms with Crippen molar-refractivity contribution in [1.82, 2.24) is 0 Å². The van der Waals surface area contributed by atoms with Gasteiger partial charge in [-0.05, 0) is 73.8 Å². The average Bonchev–Trinajstić information content (AvgIpc) is 2.57. The molecule has 2 aromatic carbocycles. The molecular formula is C20H23O. The van der Waals surface area contributed by atoms with E-state index in [1.807, 2.05) is 19.1 Å². The van der Waals surface area contributed by atoms with Gasteiger partial charge in [0.15, 0.2) is 0 Å². The van der Waals surface area contributed by atoms with Gasteiger partial charge in [0.05, 0.1) is 6.61 Å². The van der Waals surface area contributed by atoms with Crippen LogP contribution in [0.25, 0.3) is 11.1 Å². The Labute approximate surface area is 128 Å². The predicted octanol–water partition coefficient (Wildman–Crippen LogP) is 5.61. The fourth-order valence-corrected chi connectivity index (χ4v) is 3.12. The smallest absolute Gasteiger partial charge is 0.119 e. The van der Waals surface area contributed by atoms with Crippen LogP contribution in [-0.4, -0.2) is 6.61 Å². The van der Waals surface area contributed by atoms with Crippen LogP contribution in [0.1, 0.15) is 44.1 Å². The lowest BCUT2D eigenvalue weighted by Crippen LogP contribution is -2.04. The van der Waals surface area contributed by atoms with Crippen LogP contribution in [0.4, 0.5) is 0 Å². The number of hydrogen-bond donors (Lipinski definition) is 0. The molecule has 0 aromatic heterocycles. The van der Waals surface area contributed by atoms with Crippen LogP contribution in [0.2, 0.25) is 0 Å². The Hall–Kier alpha value is -1.76. The van der Waals surface area contributed by atoms with E-state index >= 15 is 0 Å². The zero-order valence-electron chi connectivity index (χ0n) is 12.7. The topological polar surface area (TPSA) is 9.23 Å². The molecule has 0 heterocycles. The summed E-state index contributed by atoms with van der Waals surface area (Å²) in [6.07, 6.45) is 7.58. The van der Waals surface area contributed by atoms with Gasteiger partial charge in [-0.1, -0.05) is 36.4 Å². The zero-order valence-corrected chi connectivity index (χ0v) is 12.7. The van der Waals surface area contributed by atoms with Crippen molar-refractivity contribution in [3.63, 3.8) is 0 Å². The summed E-state index contributed by atoms with van der Waals surface area (Å²) in [5.74, 6) is 1.70. The molecule has 0 amide bonds. The molecule has 1 aliphatic rings. The highest BCUT2D eigenvalue weighted by Gasteiger charge is 2.15. The molecule has 0 saturated heterocycles. The molecule has 3 rings (SSSR count). The maximum Gasteiger partial charge on any atom is 0.119 e. The number of hydrogen-bond acceptors (Lipinski definition) is 1. The molecule has 0 N–H and O–H groups in total. The molecule has 1 aliphatic carbocycles. The van der Waals surface area contributed by atoms with E-state index in [0.29, 0.717) is 6.61 Å². The van der Waals surface area contributed by atoms with E-state index in [-0.39, 0.29) is 0 Å². The van der Waals surface area contributed by atoms with Gasteiger partial charge in [-0.2, -0.15) is 0 Å². The maximum absolute atomic E-state index is 5.49. The van der Waals surface area contributed by atoms with E-state index in [9.17, 15) is 0 Å². The predicted molar refractivity (Wildman–Crippen MR) is 88.6 cm³/mol. The highest BCUT2D eigenvalue weighted by atomic mass is 16.5. The maximum atomic E-state index is 5.49. The fourth-order valence-electron chi connectivity index (χ4n) is 3.12. The van der Waals surface area contributed by atoms with Gasteiger partial charge in [-0.3, -0.25) is 0 Å². The third kappa shape index (κ3) is 3.47. The fraction of sp³-hybridized carbons (Fsp3) is 0.350. The standard InChI is InChI=1S/C20H23O/c1-2-21-20-14-12-19(13-15-20)18-10-8-17(9-11-18)16-6-4-3-5-7-16/h3,8-16H,2,4-7H2,1H3.